The fourth-order valence-electron chi connectivity index (χ4n) is 4.25. The van der Waals surface area contributed by atoms with Gasteiger partial charge < -0.3 is 19.3 Å². The van der Waals surface area contributed by atoms with Gasteiger partial charge in [-0.25, -0.2) is 0 Å². The second-order valence-corrected chi connectivity index (χ2v) is 7.93. The van der Waals surface area contributed by atoms with Gasteiger partial charge in [-0.05, 0) is 38.0 Å². The number of hydrogen-bond donors (Lipinski definition) is 0. The molecule has 2 amide bonds. The Kier molecular flexibility index (Phi) is 5.88. The van der Waals surface area contributed by atoms with Crippen molar-refractivity contribution in [2.45, 2.75) is 38.4 Å². The zero-order valence-corrected chi connectivity index (χ0v) is 17.6. The van der Waals surface area contributed by atoms with Gasteiger partial charge in [-0.1, -0.05) is 31.4 Å². The van der Waals surface area contributed by atoms with Crippen molar-refractivity contribution in [2.75, 3.05) is 20.3 Å². The average molecular weight is 409 g/mol. The van der Waals surface area contributed by atoms with Crippen molar-refractivity contribution in [1.29, 1.82) is 5.26 Å². The molecular formula is C23H27N3O4. The Hall–Kier alpha value is -3.27. The van der Waals surface area contributed by atoms with Crippen molar-refractivity contribution in [3.63, 3.8) is 0 Å². The first-order valence-corrected chi connectivity index (χ1v) is 9.90. The molecule has 0 bridgehead atoms. The minimum absolute atomic E-state index is 0.139. The van der Waals surface area contributed by atoms with Gasteiger partial charge in [-0.2, -0.15) is 5.26 Å². The summed E-state index contributed by atoms with van der Waals surface area (Å²) in [4.78, 5) is 29.1. The quantitative estimate of drug-likeness (QED) is 0.647. The van der Waals surface area contributed by atoms with Crippen LogP contribution in [0, 0.1) is 16.7 Å². The predicted molar refractivity (Wildman–Crippen MR) is 112 cm³/mol. The molecule has 4 atom stereocenters. The summed E-state index contributed by atoms with van der Waals surface area (Å²) in [5, 5.41) is 10.00. The molecule has 158 valence electrons. The highest BCUT2D eigenvalue weighted by Crippen LogP contribution is 2.52. The molecule has 7 nitrogen and oxygen atoms in total. The van der Waals surface area contributed by atoms with Gasteiger partial charge in [0.1, 0.15) is 25.3 Å². The van der Waals surface area contributed by atoms with Crippen molar-refractivity contribution in [3.05, 3.63) is 49.1 Å². The number of piperazine rings is 1. The molecule has 2 saturated heterocycles. The highest BCUT2D eigenvalue weighted by atomic mass is 16.5. The minimum atomic E-state index is -0.917. The maximum atomic E-state index is 13.2. The SMILES string of the molecule is C=CCOc1ccc(C2N3C(=O)[C@@H](C)N(C)C(=O)[C@@H]3C[C@]2(C)C#N)cc1OCC=C. The van der Waals surface area contributed by atoms with Crippen LogP contribution in [0.3, 0.4) is 0 Å². The van der Waals surface area contributed by atoms with Crippen molar-refractivity contribution >= 4 is 11.8 Å². The van der Waals surface area contributed by atoms with Crippen LogP contribution in [0.1, 0.15) is 31.9 Å². The molecule has 2 fully saturated rings. The number of benzene rings is 1. The summed E-state index contributed by atoms with van der Waals surface area (Å²) in [5.41, 5.74) is -0.190. The summed E-state index contributed by atoms with van der Waals surface area (Å²) in [6.45, 7) is 11.4. The summed E-state index contributed by atoms with van der Waals surface area (Å²) < 4.78 is 11.4. The van der Waals surface area contributed by atoms with Crippen molar-refractivity contribution < 1.29 is 19.1 Å². The molecular weight excluding hydrogens is 382 g/mol. The predicted octanol–water partition coefficient (Wildman–Crippen LogP) is 2.85. The molecule has 7 heteroatoms. The van der Waals surface area contributed by atoms with E-state index in [1.165, 1.54) is 4.90 Å². The molecule has 0 aliphatic carbocycles. The summed E-state index contributed by atoms with van der Waals surface area (Å²) in [7, 11) is 1.63. The van der Waals surface area contributed by atoms with Gasteiger partial charge in [0.05, 0.1) is 17.5 Å². The van der Waals surface area contributed by atoms with Gasteiger partial charge in [-0.3, -0.25) is 9.59 Å². The Morgan fingerprint density at radius 2 is 1.83 bits per heavy atom. The van der Waals surface area contributed by atoms with Gasteiger partial charge in [0.15, 0.2) is 11.5 Å². The van der Waals surface area contributed by atoms with E-state index in [1.54, 1.807) is 50.1 Å². The number of nitrogens with zero attached hydrogens (tertiary/aromatic N) is 3. The molecule has 0 saturated carbocycles. The number of amides is 2. The minimum Gasteiger partial charge on any atom is -0.486 e. The first kappa shape index (κ1) is 21.4. The Morgan fingerprint density at radius 1 is 1.20 bits per heavy atom. The van der Waals surface area contributed by atoms with Gasteiger partial charge in [-0.15, -0.1) is 0 Å². The lowest BCUT2D eigenvalue weighted by Crippen LogP contribution is -2.60. The maximum absolute atomic E-state index is 13.2. The highest BCUT2D eigenvalue weighted by molar-refractivity contribution is 5.97. The molecule has 0 radical (unpaired) electrons. The molecule has 1 unspecified atom stereocenters. The molecule has 2 heterocycles. The van der Waals surface area contributed by atoms with Crippen LogP contribution in [0.5, 0.6) is 11.5 Å². The largest absolute Gasteiger partial charge is 0.486 e. The molecule has 3 rings (SSSR count). The smallest absolute Gasteiger partial charge is 0.246 e. The number of fused-ring (bicyclic) bond motifs is 1. The van der Waals surface area contributed by atoms with Crippen LogP contribution in [0.15, 0.2) is 43.5 Å². The monoisotopic (exact) mass is 409 g/mol. The third-order valence-electron chi connectivity index (χ3n) is 5.91. The van der Waals surface area contributed by atoms with Gasteiger partial charge in [0.25, 0.3) is 0 Å². The van der Waals surface area contributed by atoms with Crippen LogP contribution >= 0.6 is 0 Å². The normalized spacial score (nSPS) is 28.0. The van der Waals surface area contributed by atoms with Crippen LogP contribution in [-0.2, 0) is 9.59 Å². The lowest BCUT2D eigenvalue weighted by molar-refractivity contribution is -0.159. The van der Waals surface area contributed by atoms with Crippen LogP contribution in [-0.4, -0.2) is 54.0 Å². The van der Waals surface area contributed by atoms with Gasteiger partial charge in [0, 0.05) is 7.05 Å². The Morgan fingerprint density at radius 3 is 2.43 bits per heavy atom. The maximum Gasteiger partial charge on any atom is 0.246 e. The third-order valence-corrected chi connectivity index (χ3v) is 5.91. The van der Waals surface area contributed by atoms with E-state index in [0.717, 1.165) is 5.56 Å². The fourth-order valence-corrected chi connectivity index (χ4v) is 4.25. The van der Waals surface area contributed by atoms with E-state index in [0.29, 0.717) is 18.1 Å². The van der Waals surface area contributed by atoms with Crippen molar-refractivity contribution in [1.82, 2.24) is 9.80 Å². The summed E-state index contributed by atoms with van der Waals surface area (Å²) in [6, 6.07) is 5.92. The van der Waals surface area contributed by atoms with Crippen molar-refractivity contribution in [3.8, 4) is 17.6 Å². The molecule has 30 heavy (non-hydrogen) atoms. The number of ether oxygens (including phenoxy) is 2. The van der Waals surface area contributed by atoms with Gasteiger partial charge >= 0.3 is 0 Å². The highest BCUT2D eigenvalue weighted by Gasteiger charge is 2.58. The summed E-state index contributed by atoms with van der Waals surface area (Å²) in [6.07, 6.45) is 3.54. The molecule has 1 aromatic rings. The van der Waals surface area contributed by atoms with Crippen LogP contribution in [0.4, 0.5) is 0 Å². The number of carbonyl (C=O) groups excluding carboxylic acids is 2. The second kappa shape index (κ2) is 8.23. The second-order valence-electron chi connectivity index (χ2n) is 7.93. The molecule has 2 aliphatic heterocycles. The molecule has 0 N–H and O–H groups in total. The summed E-state index contributed by atoms with van der Waals surface area (Å²) >= 11 is 0. The summed E-state index contributed by atoms with van der Waals surface area (Å²) in [5.74, 6) is 0.716. The van der Waals surface area contributed by atoms with Crippen molar-refractivity contribution in [2.24, 2.45) is 5.41 Å². The Balaban J connectivity index is 2.08. The topological polar surface area (TPSA) is 82.9 Å². The molecule has 0 spiro atoms. The number of nitriles is 1. The third kappa shape index (κ3) is 3.43. The lowest BCUT2D eigenvalue weighted by atomic mass is 9.79. The molecule has 0 aromatic heterocycles. The molecule has 1 aromatic carbocycles. The first-order valence-electron chi connectivity index (χ1n) is 9.90. The Bertz CT molecular complexity index is 922. The fraction of sp³-hybridized carbons (Fsp3) is 0.435. The van der Waals surface area contributed by atoms with E-state index >= 15 is 0 Å². The van der Waals surface area contributed by atoms with E-state index in [9.17, 15) is 14.9 Å². The zero-order valence-electron chi connectivity index (χ0n) is 17.6. The lowest BCUT2D eigenvalue weighted by Gasteiger charge is -2.42. The number of likely N-dealkylation sites (N-methyl/N-ethyl adjacent to an activating group) is 1. The first-order chi connectivity index (χ1) is 14.3. The standard InChI is InChI=1S/C23H27N3O4/c1-6-10-29-18-9-8-16(12-19(18)30-11-7-2)20-23(4,14-24)13-17-22(28)25(5)15(3)21(27)26(17)20/h6-9,12,15,17,20H,1-2,10-11,13H2,3-5H3/t15-,17+,20?,23-/m1/s1. The number of carbonyl (C=O) groups is 2. The Labute approximate surface area is 177 Å². The van der Waals surface area contributed by atoms with E-state index in [2.05, 4.69) is 19.2 Å². The van der Waals surface area contributed by atoms with E-state index in [4.69, 9.17) is 9.47 Å². The number of hydrogen-bond acceptors (Lipinski definition) is 5. The van der Waals surface area contributed by atoms with Crippen LogP contribution in [0.25, 0.3) is 0 Å². The molecule has 2 aliphatic rings. The number of rotatable bonds is 7. The average Bonchev–Trinajstić information content (AvgIpc) is 3.07. The van der Waals surface area contributed by atoms with E-state index < -0.39 is 23.5 Å². The zero-order chi connectivity index (χ0) is 22.1. The van der Waals surface area contributed by atoms with E-state index in [1.807, 2.05) is 6.07 Å². The van der Waals surface area contributed by atoms with Crippen LogP contribution < -0.4 is 9.47 Å². The van der Waals surface area contributed by atoms with E-state index in [-0.39, 0.29) is 24.8 Å². The van der Waals surface area contributed by atoms with Gasteiger partial charge in [0.2, 0.25) is 11.8 Å². The van der Waals surface area contributed by atoms with Crippen LogP contribution in [0.2, 0.25) is 0 Å².